The highest BCUT2D eigenvalue weighted by Crippen LogP contribution is 2.29. The summed E-state index contributed by atoms with van der Waals surface area (Å²) in [6, 6.07) is 8.90. The molecule has 1 atom stereocenters. The molecule has 114 valence electrons. The Hall–Kier alpha value is -1.36. The molecule has 1 aromatic carbocycles. The highest BCUT2D eigenvalue weighted by molar-refractivity contribution is 5.82. The van der Waals surface area contributed by atoms with Gasteiger partial charge in [-0.2, -0.15) is 0 Å². The Kier molecular flexibility index (Phi) is 4.29. The van der Waals surface area contributed by atoms with Gasteiger partial charge in [0.05, 0.1) is 6.54 Å². The van der Waals surface area contributed by atoms with Crippen molar-refractivity contribution in [1.29, 1.82) is 0 Å². The Bertz CT molecular complexity index is 605. The molecule has 2 N–H and O–H groups in total. The zero-order valence-corrected chi connectivity index (χ0v) is 13.0. The topological polar surface area (TPSA) is 45.6 Å². The van der Waals surface area contributed by atoms with Gasteiger partial charge in [0.15, 0.2) is 0 Å². The summed E-state index contributed by atoms with van der Waals surface area (Å²) in [5, 5.41) is 1.22. The molecular formula is C17H25N3O. The average Bonchev–Trinajstić information content (AvgIpc) is 3.04. The molecule has 1 saturated heterocycles. The standard InChI is InChI=1S/C17H25N3O/c1-19(2)11-13-6-5-9-20(13)12-15-14-7-3-4-8-16(14)21-17(15)10-18/h3-4,7-8,13H,5-6,9-12,18H2,1-2H3. The molecule has 1 fully saturated rings. The van der Waals surface area contributed by atoms with Crippen molar-refractivity contribution in [2.75, 3.05) is 27.2 Å². The smallest absolute Gasteiger partial charge is 0.134 e. The summed E-state index contributed by atoms with van der Waals surface area (Å²) in [6.07, 6.45) is 2.57. The Morgan fingerprint density at radius 2 is 2.14 bits per heavy atom. The van der Waals surface area contributed by atoms with Crippen LogP contribution >= 0.6 is 0 Å². The van der Waals surface area contributed by atoms with E-state index in [4.69, 9.17) is 10.2 Å². The molecular weight excluding hydrogens is 262 g/mol. The molecule has 1 unspecified atom stereocenters. The van der Waals surface area contributed by atoms with Gasteiger partial charge in [0.1, 0.15) is 11.3 Å². The van der Waals surface area contributed by atoms with E-state index in [9.17, 15) is 0 Å². The molecule has 4 nitrogen and oxygen atoms in total. The lowest BCUT2D eigenvalue weighted by atomic mass is 10.1. The van der Waals surface area contributed by atoms with E-state index in [0.29, 0.717) is 12.6 Å². The first kappa shape index (κ1) is 14.6. The number of likely N-dealkylation sites (N-methyl/N-ethyl adjacent to an activating group) is 1. The number of rotatable bonds is 5. The summed E-state index contributed by atoms with van der Waals surface area (Å²) in [6.45, 7) is 3.70. The first-order valence-electron chi connectivity index (χ1n) is 7.77. The molecule has 1 aliphatic heterocycles. The van der Waals surface area contributed by atoms with Crippen molar-refractivity contribution < 1.29 is 4.42 Å². The van der Waals surface area contributed by atoms with Crippen molar-refractivity contribution in [2.45, 2.75) is 32.0 Å². The van der Waals surface area contributed by atoms with Gasteiger partial charge in [-0.3, -0.25) is 4.90 Å². The second-order valence-electron chi connectivity index (χ2n) is 6.23. The van der Waals surface area contributed by atoms with Crippen LogP contribution in [0.25, 0.3) is 11.0 Å². The van der Waals surface area contributed by atoms with Crippen LogP contribution in [-0.4, -0.2) is 43.0 Å². The molecule has 0 bridgehead atoms. The Morgan fingerprint density at radius 1 is 1.33 bits per heavy atom. The fourth-order valence-electron chi connectivity index (χ4n) is 3.42. The van der Waals surface area contributed by atoms with Gasteiger partial charge in [-0.1, -0.05) is 18.2 Å². The molecule has 0 radical (unpaired) electrons. The summed E-state index contributed by atoms with van der Waals surface area (Å²) in [5.74, 6) is 0.937. The number of nitrogens with zero attached hydrogens (tertiary/aromatic N) is 2. The van der Waals surface area contributed by atoms with Crippen LogP contribution in [-0.2, 0) is 13.1 Å². The van der Waals surface area contributed by atoms with Crippen LogP contribution in [0.1, 0.15) is 24.2 Å². The van der Waals surface area contributed by atoms with Crippen LogP contribution in [0.2, 0.25) is 0 Å². The SMILES string of the molecule is CN(C)CC1CCCN1Cc1c(CN)oc2ccccc12. The largest absolute Gasteiger partial charge is 0.459 e. The van der Waals surface area contributed by atoms with Crippen molar-refractivity contribution >= 4 is 11.0 Å². The third kappa shape index (κ3) is 2.98. The van der Waals surface area contributed by atoms with Gasteiger partial charge in [-0.05, 0) is 39.5 Å². The van der Waals surface area contributed by atoms with E-state index in [1.54, 1.807) is 0 Å². The molecule has 2 aromatic rings. The van der Waals surface area contributed by atoms with Crippen LogP contribution < -0.4 is 5.73 Å². The zero-order valence-electron chi connectivity index (χ0n) is 13.0. The minimum Gasteiger partial charge on any atom is -0.459 e. The Balaban J connectivity index is 1.86. The number of benzene rings is 1. The van der Waals surface area contributed by atoms with Gasteiger partial charge in [-0.25, -0.2) is 0 Å². The van der Waals surface area contributed by atoms with E-state index in [-0.39, 0.29) is 0 Å². The number of hydrogen-bond acceptors (Lipinski definition) is 4. The number of hydrogen-bond donors (Lipinski definition) is 1. The summed E-state index contributed by atoms with van der Waals surface area (Å²) < 4.78 is 5.91. The molecule has 1 aromatic heterocycles. The summed E-state index contributed by atoms with van der Waals surface area (Å²) in [4.78, 5) is 4.86. The van der Waals surface area contributed by atoms with E-state index < -0.39 is 0 Å². The van der Waals surface area contributed by atoms with Crippen LogP contribution in [0.3, 0.4) is 0 Å². The van der Waals surface area contributed by atoms with Crippen molar-refractivity contribution in [1.82, 2.24) is 9.80 Å². The number of nitrogens with two attached hydrogens (primary N) is 1. The first-order chi connectivity index (χ1) is 10.2. The van der Waals surface area contributed by atoms with E-state index >= 15 is 0 Å². The van der Waals surface area contributed by atoms with Crippen molar-refractivity contribution in [3.05, 3.63) is 35.6 Å². The van der Waals surface area contributed by atoms with Crippen molar-refractivity contribution in [2.24, 2.45) is 5.73 Å². The van der Waals surface area contributed by atoms with E-state index in [1.807, 2.05) is 12.1 Å². The molecule has 0 aliphatic carbocycles. The molecule has 1 aliphatic rings. The predicted octanol–water partition coefficient (Wildman–Crippen LogP) is 2.42. The maximum atomic E-state index is 5.91. The highest BCUT2D eigenvalue weighted by Gasteiger charge is 2.27. The quantitative estimate of drug-likeness (QED) is 0.917. The fraction of sp³-hybridized carbons (Fsp3) is 0.529. The normalized spacial score (nSPS) is 19.9. The third-order valence-corrected chi connectivity index (χ3v) is 4.40. The number of likely N-dealkylation sites (tertiary alicyclic amines) is 1. The van der Waals surface area contributed by atoms with Crippen molar-refractivity contribution in [3.8, 4) is 0 Å². The van der Waals surface area contributed by atoms with Gasteiger partial charge >= 0.3 is 0 Å². The van der Waals surface area contributed by atoms with Gasteiger partial charge in [0, 0.05) is 30.1 Å². The van der Waals surface area contributed by atoms with Gasteiger partial charge < -0.3 is 15.1 Å². The van der Waals surface area contributed by atoms with E-state index in [1.165, 1.54) is 30.3 Å². The van der Waals surface area contributed by atoms with Crippen LogP contribution in [0.4, 0.5) is 0 Å². The van der Waals surface area contributed by atoms with E-state index in [0.717, 1.165) is 24.4 Å². The molecule has 3 rings (SSSR count). The second-order valence-corrected chi connectivity index (χ2v) is 6.23. The molecule has 21 heavy (non-hydrogen) atoms. The third-order valence-electron chi connectivity index (χ3n) is 4.40. The Morgan fingerprint density at radius 3 is 2.90 bits per heavy atom. The molecule has 4 heteroatoms. The van der Waals surface area contributed by atoms with Gasteiger partial charge in [0.2, 0.25) is 0 Å². The van der Waals surface area contributed by atoms with Crippen LogP contribution in [0.15, 0.2) is 28.7 Å². The zero-order chi connectivity index (χ0) is 14.8. The maximum Gasteiger partial charge on any atom is 0.134 e. The minimum atomic E-state index is 0.468. The lowest BCUT2D eigenvalue weighted by Crippen LogP contribution is -2.37. The van der Waals surface area contributed by atoms with Gasteiger partial charge in [0.25, 0.3) is 0 Å². The Labute approximate surface area is 126 Å². The lowest BCUT2D eigenvalue weighted by molar-refractivity contribution is 0.200. The summed E-state index contributed by atoms with van der Waals surface area (Å²) >= 11 is 0. The number of furan rings is 1. The first-order valence-corrected chi connectivity index (χ1v) is 7.77. The minimum absolute atomic E-state index is 0.468. The monoisotopic (exact) mass is 287 g/mol. The van der Waals surface area contributed by atoms with E-state index in [2.05, 4.69) is 36.0 Å². The lowest BCUT2D eigenvalue weighted by Gasteiger charge is -2.27. The molecule has 2 heterocycles. The second kappa shape index (κ2) is 6.18. The average molecular weight is 287 g/mol. The van der Waals surface area contributed by atoms with Crippen molar-refractivity contribution in [3.63, 3.8) is 0 Å². The van der Waals surface area contributed by atoms with Crippen LogP contribution in [0.5, 0.6) is 0 Å². The fourth-order valence-corrected chi connectivity index (χ4v) is 3.42. The summed E-state index contributed by atoms with van der Waals surface area (Å²) in [7, 11) is 4.30. The number of para-hydroxylation sites is 1. The molecule has 0 spiro atoms. The number of fused-ring (bicyclic) bond motifs is 1. The van der Waals surface area contributed by atoms with Gasteiger partial charge in [-0.15, -0.1) is 0 Å². The molecule has 0 saturated carbocycles. The van der Waals surface area contributed by atoms with Crippen LogP contribution in [0, 0.1) is 0 Å². The highest BCUT2D eigenvalue weighted by atomic mass is 16.3. The maximum absolute atomic E-state index is 5.91. The summed E-state index contributed by atoms with van der Waals surface area (Å²) in [5.41, 5.74) is 8.12. The molecule has 0 amide bonds. The predicted molar refractivity (Wildman–Crippen MR) is 86.1 cm³/mol.